The third kappa shape index (κ3) is 4.05. The fourth-order valence-electron chi connectivity index (χ4n) is 3.19. The van der Waals surface area contributed by atoms with E-state index in [1.54, 1.807) is 17.7 Å². The number of hydrogen-bond acceptors (Lipinski definition) is 3. The topological polar surface area (TPSA) is 59.8 Å². The summed E-state index contributed by atoms with van der Waals surface area (Å²) < 4.78 is 16.0. The number of nitrogens with one attached hydrogen (secondary N) is 1. The number of carbonyl (C=O) groups excluding carboxylic acids is 1. The molecular weight excluding hydrogens is 343 g/mol. The molecule has 140 valence electrons. The van der Waals surface area contributed by atoms with Gasteiger partial charge >= 0.3 is 0 Å². The molecule has 1 unspecified atom stereocenters. The van der Waals surface area contributed by atoms with Crippen molar-refractivity contribution in [2.45, 2.75) is 39.8 Å². The number of rotatable bonds is 6. The van der Waals surface area contributed by atoms with Crippen LogP contribution < -0.4 is 5.32 Å². The zero-order valence-corrected chi connectivity index (χ0v) is 15.7. The van der Waals surface area contributed by atoms with Crippen LogP contribution in [0, 0.1) is 12.7 Å². The monoisotopic (exact) mass is 366 g/mol. The highest BCUT2D eigenvalue weighted by Crippen LogP contribution is 2.22. The first-order chi connectivity index (χ1) is 13.0. The molecule has 27 heavy (non-hydrogen) atoms. The second-order valence-corrected chi connectivity index (χ2v) is 6.53. The molecule has 1 aromatic heterocycles. The van der Waals surface area contributed by atoms with Crippen LogP contribution in [0.1, 0.15) is 52.8 Å². The lowest BCUT2D eigenvalue weighted by Crippen LogP contribution is -2.29. The molecule has 5 nitrogen and oxygen atoms in total. The van der Waals surface area contributed by atoms with Crippen LogP contribution in [0.25, 0.3) is 0 Å². The second kappa shape index (κ2) is 8.12. The highest BCUT2D eigenvalue weighted by Gasteiger charge is 2.21. The first kappa shape index (κ1) is 18.8. The van der Waals surface area contributed by atoms with Gasteiger partial charge in [-0.2, -0.15) is 0 Å². The lowest BCUT2D eigenvalue weighted by atomic mass is 9.99. The average Bonchev–Trinajstić information content (AvgIpc) is 3.02. The van der Waals surface area contributed by atoms with Gasteiger partial charge in [-0.25, -0.2) is 9.07 Å². The number of aryl methyl sites for hydroxylation is 1. The van der Waals surface area contributed by atoms with Crippen LogP contribution in [0.15, 0.2) is 48.5 Å². The van der Waals surface area contributed by atoms with E-state index in [-0.39, 0.29) is 17.4 Å². The molecule has 0 saturated carbocycles. The van der Waals surface area contributed by atoms with Crippen molar-refractivity contribution >= 4 is 5.91 Å². The molecule has 0 fully saturated rings. The van der Waals surface area contributed by atoms with E-state index in [4.69, 9.17) is 0 Å². The van der Waals surface area contributed by atoms with Crippen LogP contribution in [0.4, 0.5) is 4.39 Å². The van der Waals surface area contributed by atoms with Crippen LogP contribution in [0.3, 0.4) is 0 Å². The fraction of sp³-hybridized carbons (Fsp3) is 0.286. The highest BCUT2D eigenvalue weighted by atomic mass is 19.1. The van der Waals surface area contributed by atoms with E-state index >= 15 is 0 Å². The van der Waals surface area contributed by atoms with Gasteiger partial charge < -0.3 is 5.32 Å². The lowest BCUT2D eigenvalue weighted by Gasteiger charge is -2.18. The van der Waals surface area contributed by atoms with Crippen LogP contribution in [0.2, 0.25) is 0 Å². The molecule has 1 amide bonds. The molecule has 2 aromatic carbocycles. The fourth-order valence-corrected chi connectivity index (χ4v) is 3.19. The molecule has 0 aliphatic rings. The van der Waals surface area contributed by atoms with E-state index in [9.17, 15) is 9.18 Å². The van der Waals surface area contributed by atoms with E-state index in [0.717, 1.165) is 11.1 Å². The number of benzene rings is 2. The van der Waals surface area contributed by atoms with Gasteiger partial charge in [-0.15, -0.1) is 5.10 Å². The summed E-state index contributed by atoms with van der Waals surface area (Å²) in [6, 6.07) is 14.4. The summed E-state index contributed by atoms with van der Waals surface area (Å²) in [5.41, 5.74) is 3.40. The number of halogens is 1. The summed E-state index contributed by atoms with van der Waals surface area (Å²) >= 11 is 0. The van der Waals surface area contributed by atoms with Crippen molar-refractivity contribution in [1.82, 2.24) is 20.3 Å². The van der Waals surface area contributed by atoms with Crippen LogP contribution in [0.5, 0.6) is 0 Å². The van der Waals surface area contributed by atoms with E-state index < -0.39 is 6.04 Å². The maximum Gasteiger partial charge on any atom is 0.274 e. The normalized spacial score (nSPS) is 12.0. The van der Waals surface area contributed by atoms with E-state index in [1.807, 2.05) is 50.2 Å². The van der Waals surface area contributed by atoms with Crippen molar-refractivity contribution in [3.63, 3.8) is 0 Å². The molecule has 0 aliphatic heterocycles. The zero-order chi connectivity index (χ0) is 19.4. The van der Waals surface area contributed by atoms with Gasteiger partial charge in [0, 0.05) is 5.56 Å². The van der Waals surface area contributed by atoms with Crippen LogP contribution in [-0.4, -0.2) is 20.9 Å². The minimum atomic E-state index is -0.465. The third-order valence-corrected chi connectivity index (χ3v) is 4.68. The predicted octanol–water partition coefficient (Wildman–Crippen LogP) is 3.83. The molecule has 0 aliphatic carbocycles. The Morgan fingerprint density at radius 1 is 1.19 bits per heavy atom. The Morgan fingerprint density at radius 3 is 2.63 bits per heavy atom. The summed E-state index contributed by atoms with van der Waals surface area (Å²) in [5, 5.41) is 11.0. The van der Waals surface area contributed by atoms with Gasteiger partial charge in [0.25, 0.3) is 5.91 Å². The third-order valence-electron chi connectivity index (χ3n) is 4.68. The SMILES string of the molecule is CCc1cccc(F)c1C(C)NC(=O)c1nnn(Cc2ccccc2)c1C. The van der Waals surface area contributed by atoms with Gasteiger partial charge in [0.2, 0.25) is 0 Å². The molecule has 3 rings (SSSR count). The first-order valence-electron chi connectivity index (χ1n) is 9.03. The Balaban J connectivity index is 1.77. The maximum atomic E-state index is 14.3. The second-order valence-electron chi connectivity index (χ2n) is 6.53. The predicted molar refractivity (Wildman–Crippen MR) is 102 cm³/mol. The standard InChI is InChI=1S/C21H23FN4O/c1-4-17-11-8-12-18(22)19(17)14(2)23-21(27)20-15(3)26(25-24-20)13-16-9-6-5-7-10-16/h5-12,14H,4,13H2,1-3H3,(H,23,27). The van der Waals surface area contributed by atoms with Crippen molar-refractivity contribution in [2.24, 2.45) is 0 Å². The zero-order valence-electron chi connectivity index (χ0n) is 15.7. The van der Waals surface area contributed by atoms with Gasteiger partial charge in [-0.1, -0.05) is 54.6 Å². The van der Waals surface area contributed by atoms with Crippen LogP contribution >= 0.6 is 0 Å². The lowest BCUT2D eigenvalue weighted by molar-refractivity contribution is 0.0933. The summed E-state index contributed by atoms with van der Waals surface area (Å²) in [5.74, 6) is -0.670. The van der Waals surface area contributed by atoms with Gasteiger partial charge in [0.15, 0.2) is 5.69 Å². The summed E-state index contributed by atoms with van der Waals surface area (Å²) in [6.45, 7) is 6.09. The smallest absolute Gasteiger partial charge is 0.274 e. The highest BCUT2D eigenvalue weighted by molar-refractivity contribution is 5.93. The Hall–Kier alpha value is -3.02. The molecule has 1 N–H and O–H groups in total. The molecule has 0 bridgehead atoms. The maximum absolute atomic E-state index is 14.3. The summed E-state index contributed by atoms with van der Waals surface area (Å²) in [7, 11) is 0. The van der Waals surface area contributed by atoms with Crippen molar-refractivity contribution in [2.75, 3.05) is 0 Å². The number of hydrogen-bond donors (Lipinski definition) is 1. The minimum absolute atomic E-state index is 0.257. The Bertz CT molecular complexity index is 937. The number of carbonyl (C=O) groups is 1. The first-order valence-corrected chi connectivity index (χ1v) is 9.03. The van der Waals surface area contributed by atoms with Crippen molar-refractivity contribution in [3.05, 3.63) is 82.4 Å². The van der Waals surface area contributed by atoms with Crippen molar-refractivity contribution < 1.29 is 9.18 Å². The molecule has 0 spiro atoms. The molecular formula is C21H23FN4O. The Morgan fingerprint density at radius 2 is 1.93 bits per heavy atom. The number of amides is 1. The Kier molecular flexibility index (Phi) is 5.64. The molecule has 1 heterocycles. The average molecular weight is 366 g/mol. The quantitative estimate of drug-likeness (QED) is 0.721. The molecule has 6 heteroatoms. The Labute approximate surface area is 158 Å². The molecule has 3 aromatic rings. The van der Waals surface area contributed by atoms with E-state index in [1.165, 1.54) is 6.07 Å². The number of nitrogens with zero attached hydrogens (tertiary/aromatic N) is 3. The largest absolute Gasteiger partial charge is 0.344 e. The van der Waals surface area contributed by atoms with E-state index in [0.29, 0.717) is 24.2 Å². The molecule has 1 atom stereocenters. The molecule has 0 radical (unpaired) electrons. The summed E-state index contributed by atoms with van der Waals surface area (Å²) in [6.07, 6.45) is 0.694. The van der Waals surface area contributed by atoms with Crippen molar-refractivity contribution in [3.8, 4) is 0 Å². The van der Waals surface area contributed by atoms with Gasteiger partial charge in [-0.3, -0.25) is 4.79 Å². The van der Waals surface area contributed by atoms with Gasteiger partial charge in [0.05, 0.1) is 18.3 Å². The number of aromatic nitrogens is 3. The van der Waals surface area contributed by atoms with Gasteiger partial charge in [0.1, 0.15) is 5.82 Å². The van der Waals surface area contributed by atoms with Crippen molar-refractivity contribution in [1.29, 1.82) is 0 Å². The summed E-state index contributed by atoms with van der Waals surface area (Å²) in [4.78, 5) is 12.7. The van der Waals surface area contributed by atoms with E-state index in [2.05, 4.69) is 15.6 Å². The van der Waals surface area contributed by atoms with Gasteiger partial charge in [-0.05, 0) is 37.5 Å². The minimum Gasteiger partial charge on any atom is -0.344 e. The molecule has 0 saturated heterocycles. The van der Waals surface area contributed by atoms with Crippen LogP contribution in [-0.2, 0) is 13.0 Å².